The van der Waals surface area contributed by atoms with Crippen LogP contribution in [0.1, 0.15) is 52.0 Å². The summed E-state index contributed by atoms with van der Waals surface area (Å²) in [6.45, 7) is 10.00. The molecule has 3 rings (SSSR count). The third-order valence-electron chi connectivity index (χ3n) is 7.84. The van der Waals surface area contributed by atoms with E-state index in [9.17, 15) is 24.9 Å². The summed E-state index contributed by atoms with van der Waals surface area (Å²) in [5.41, 5.74) is 0.671. The number of likely N-dealkylation sites (tertiary alicyclic amines) is 1. The molecule has 39 heavy (non-hydrogen) atoms. The van der Waals surface area contributed by atoms with Gasteiger partial charge < -0.3 is 29.7 Å². The molecule has 0 aromatic heterocycles. The van der Waals surface area contributed by atoms with E-state index in [-0.39, 0.29) is 30.3 Å². The zero-order valence-electron chi connectivity index (χ0n) is 23.4. The van der Waals surface area contributed by atoms with Gasteiger partial charge in [-0.3, -0.25) is 9.69 Å². The zero-order valence-corrected chi connectivity index (χ0v) is 23.4. The minimum atomic E-state index is -1.76. The summed E-state index contributed by atoms with van der Waals surface area (Å²) in [6.07, 6.45) is 1.72. The van der Waals surface area contributed by atoms with Crippen LogP contribution in [0.25, 0.3) is 0 Å². The van der Waals surface area contributed by atoms with E-state index >= 15 is 0 Å². The standard InChI is InChI=1S/C28H43BN4O6/c1-21(18-28(2,3)33-13-15-38-16-14-33)24(19-30)26(34)32-12-8-7-11-23(20-32)39-27(35)31-25(29(36)37)17-22-9-5-4-6-10-22/h4-6,9-10,21,23-25,36-37H,7-8,11-18,20H2,1-3H3,(H,31,35)/t21?,23-,24?,25+/m1/s1. The Bertz CT molecular complexity index is 967. The van der Waals surface area contributed by atoms with E-state index in [0.717, 1.165) is 31.5 Å². The van der Waals surface area contributed by atoms with Gasteiger partial charge in [-0.15, -0.1) is 0 Å². The van der Waals surface area contributed by atoms with Gasteiger partial charge in [0.05, 0.1) is 31.8 Å². The molecule has 11 heteroatoms. The minimum absolute atomic E-state index is 0.156. The first-order valence-corrected chi connectivity index (χ1v) is 14.0. The molecule has 2 amide bonds. The molecule has 0 spiro atoms. The topological polar surface area (TPSA) is 135 Å². The Kier molecular flexibility index (Phi) is 11.6. The monoisotopic (exact) mass is 542 g/mol. The summed E-state index contributed by atoms with van der Waals surface area (Å²) in [6, 6.07) is 11.5. The molecule has 0 bridgehead atoms. The van der Waals surface area contributed by atoms with Crippen molar-refractivity contribution in [3.05, 3.63) is 35.9 Å². The van der Waals surface area contributed by atoms with Gasteiger partial charge >= 0.3 is 13.2 Å². The summed E-state index contributed by atoms with van der Waals surface area (Å²) >= 11 is 0. The fraction of sp³-hybridized carbons (Fsp3) is 0.679. The second kappa shape index (κ2) is 14.7. The van der Waals surface area contributed by atoms with E-state index in [0.29, 0.717) is 32.6 Å². The summed E-state index contributed by atoms with van der Waals surface area (Å²) in [5.74, 6) is -2.12. The number of nitriles is 1. The van der Waals surface area contributed by atoms with E-state index in [1.54, 1.807) is 4.90 Å². The number of morpholine rings is 1. The number of amides is 2. The molecule has 2 heterocycles. The lowest BCUT2D eigenvalue weighted by molar-refractivity contribution is -0.136. The molecule has 2 saturated heterocycles. The van der Waals surface area contributed by atoms with Gasteiger partial charge in [-0.25, -0.2) is 4.79 Å². The van der Waals surface area contributed by atoms with E-state index < -0.39 is 31.2 Å². The fourth-order valence-electron chi connectivity index (χ4n) is 5.66. The molecule has 1 aromatic carbocycles. The van der Waals surface area contributed by atoms with Gasteiger partial charge in [-0.1, -0.05) is 37.3 Å². The lowest BCUT2D eigenvalue weighted by Crippen LogP contribution is -2.51. The normalized spacial score (nSPS) is 21.1. The molecule has 0 aliphatic carbocycles. The molecule has 2 fully saturated rings. The number of hydrogen-bond acceptors (Lipinski definition) is 8. The second-order valence-corrected chi connectivity index (χ2v) is 11.4. The van der Waals surface area contributed by atoms with Crippen LogP contribution in [0.4, 0.5) is 4.79 Å². The van der Waals surface area contributed by atoms with Gasteiger partial charge in [0.1, 0.15) is 12.0 Å². The number of benzene rings is 1. The Hall–Kier alpha value is -2.65. The Morgan fingerprint density at radius 2 is 1.90 bits per heavy atom. The Labute approximate surface area is 232 Å². The van der Waals surface area contributed by atoms with Crippen LogP contribution in [-0.2, 0) is 20.7 Å². The molecular formula is C28H43BN4O6. The van der Waals surface area contributed by atoms with Crippen molar-refractivity contribution in [1.82, 2.24) is 15.1 Å². The maximum absolute atomic E-state index is 13.5. The molecular weight excluding hydrogens is 499 g/mol. The number of nitrogens with zero attached hydrogens (tertiary/aromatic N) is 3. The Morgan fingerprint density at radius 3 is 2.54 bits per heavy atom. The molecule has 2 aliphatic heterocycles. The largest absolute Gasteiger partial charge is 0.475 e. The fourth-order valence-corrected chi connectivity index (χ4v) is 5.66. The summed E-state index contributed by atoms with van der Waals surface area (Å²) in [5, 5.41) is 32.1. The van der Waals surface area contributed by atoms with Crippen LogP contribution in [0.5, 0.6) is 0 Å². The van der Waals surface area contributed by atoms with E-state index in [1.165, 1.54) is 0 Å². The van der Waals surface area contributed by atoms with Crippen molar-refractivity contribution in [2.75, 3.05) is 39.4 Å². The quantitative estimate of drug-likeness (QED) is 0.382. The number of ether oxygens (including phenoxy) is 2. The van der Waals surface area contributed by atoms with Crippen molar-refractivity contribution in [3.63, 3.8) is 0 Å². The van der Waals surface area contributed by atoms with Crippen LogP contribution >= 0.6 is 0 Å². The predicted molar refractivity (Wildman–Crippen MR) is 147 cm³/mol. The van der Waals surface area contributed by atoms with Gasteiger partial charge in [0, 0.05) is 25.2 Å². The van der Waals surface area contributed by atoms with Crippen LogP contribution < -0.4 is 5.32 Å². The van der Waals surface area contributed by atoms with E-state index in [2.05, 4.69) is 30.1 Å². The van der Waals surface area contributed by atoms with Crippen LogP contribution in [0.15, 0.2) is 30.3 Å². The number of nitrogens with one attached hydrogen (secondary N) is 1. The van der Waals surface area contributed by atoms with Crippen LogP contribution in [0.3, 0.4) is 0 Å². The summed E-state index contributed by atoms with van der Waals surface area (Å²) in [7, 11) is -1.76. The van der Waals surface area contributed by atoms with Gasteiger partial charge in [-0.2, -0.15) is 5.26 Å². The SMILES string of the molecule is CC(CC(C)(C)N1CCOCC1)C(C#N)C(=O)N1CCCC[C@@H](OC(=O)N[C@@H](Cc2ccccc2)B(O)O)C1. The highest BCUT2D eigenvalue weighted by Gasteiger charge is 2.37. The van der Waals surface area contributed by atoms with Gasteiger partial charge in [-0.05, 0) is 57.4 Å². The molecule has 10 nitrogen and oxygen atoms in total. The first-order valence-electron chi connectivity index (χ1n) is 14.0. The summed E-state index contributed by atoms with van der Waals surface area (Å²) < 4.78 is 11.1. The highest BCUT2D eigenvalue weighted by Crippen LogP contribution is 2.30. The van der Waals surface area contributed by atoms with Gasteiger partial charge in [0.15, 0.2) is 0 Å². The molecule has 214 valence electrons. The molecule has 0 saturated carbocycles. The number of hydrogen-bond donors (Lipinski definition) is 3. The van der Waals surface area contributed by atoms with Crippen molar-refractivity contribution in [2.45, 2.75) is 70.5 Å². The summed E-state index contributed by atoms with van der Waals surface area (Å²) in [4.78, 5) is 30.2. The number of alkyl carbamates (subject to hydrolysis) is 1. The lowest BCUT2D eigenvalue weighted by atomic mass is 9.76. The van der Waals surface area contributed by atoms with Gasteiger partial charge in [0.2, 0.25) is 5.91 Å². The maximum atomic E-state index is 13.5. The minimum Gasteiger partial charge on any atom is -0.444 e. The molecule has 2 unspecified atom stereocenters. The average molecular weight is 542 g/mol. The molecule has 1 aromatic rings. The van der Waals surface area contributed by atoms with Crippen molar-refractivity contribution < 1.29 is 29.1 Å². The van der Waals surface area contributed by atoms with Crippen LogP contribution in [0, 0.1) is 23.2 Å². The van der Waals surface area contributed by atoms with Crippen LogP contribution in [-0.4, -0.2) is 95.9 Å². The first kappa shape index (κ1) is 30.9. The molecule has 0 radical (unpaired) electrons. The second-order valence-electron chi connectivity index (χ2n) is 11.4. The highest BCUT2D eigenvalue weighted by atomic mass is 16.6. The average Bonchev–Trinajstić information content (AvgIpc) is 3.15. The van der Waals surface area contributed by atoms with Crippen molar-refractivity contribution >= 4 is 19.1 Å². The highest BCUT2D eigenvalue weighted by molar-refractivity contribution is 6.43. The van der Waals surface area contributed by atoms with E-state index in [1.807, 2.05) is 37.3 Å². The smallest absolute Gasteiger partial charge is 0.444 e. The molecule has 4 atom stereocenters. The zero-order chi connectivity index (χ0) is 28.4. The third kappa shape index (κ3) is 9.21. The maximum Gasteiger partial charge on any atom is 0.475 e. The number of carbonyl (C=O) groups excluding carboxylic acids is 2. The van der Waals surface area contributed by atoms with Crippen molar-refractivity contribution in [1.29, 1.82) is 5.26 Å². The first-order chi connectivity index (χ1) is 18.6. The van der Waals surface area contributed by atoms with E-state index in [4.69, 9.17) is 9.47 Å². The van der Waals surface area contributed by atoms with Crippen molar-refractivity contribution in [3.8, 4) is 6.07 Å². The van der Waals surface area contributed by atoms with Gasteiger partial charge in [0.25, 0.3) is 0 Å². The Morgan fingerprint density at radius 1 is 1.21 bits per heavy atom. The third-order valence-corrected chi connectivity index (χ3v) is 7.84. The predicted octanol–water partition coefficient (Wildman–Crippen LogP) is 1.99. The molecule has 3 N–H and O–H groups in total. The molecule has 2 aliphatic rings. The Balaban J connectivity index is 1.58. The lowest BCUT2D eigenvalue weighted by Gasteiger charge is -2.43. The van der Waals surface area contributed by atoms with Crippen molar-refractivity contribution in [2.24, 2.45) is 11.8 Å². The number of rotatable bonds is 10. The van der Waals surface area contributed by atoms with Crippen LogP contribution in [0.2, 0.25) is 0 Å². The number of carbonyl (C=O) groups is 2.